The van der Waals surface area contributed by atoms with E-state index in [0.29, 0.717) is 0 Å². The molecule has 0 spiro atoms. The second-order valence-electron chi connectivity index (χ2n) is 4.75. The zero-order chi connectivity index (χ0) is 15.8. The van der Waals surface area contributed by atoms with Crippen LogP contribution in [0.15, 0.2) is 21.9 Å². The van der Waals surface area contributed by atoms with Gasteiger partial charge in [0.25, 0.3) is 5.56 Å². The van der Waals surface area contributed by atoms with E-state index in [1.807, 2.05) is 4.98 Å². The van der Waals surface area contributed by atoms with E-state index in [1.54, 1.807) is 0 Å². The molecule has 0 amide bonds. The lowest BCUT2D eigenvalue weighted by Crippen LogP contribution is -2.43. The van der Waals surface area contributed by atoms with Gasteiger partial charge in [0, 0.05) is 12.3 Å². The van der Waals surface area contributed by atoms with E-state index in [4.69, 9.17) is 9.63 Å². The van der Waals surface area contributed by atoms with E-state index >= 15 is 0 Å². The number of hydrogen-bond acceptors (Lipinski definition) is 6. The summed E-state index contributed by atoms with van der Waals surface area (Å²) in [5, 5.41) is 9.32. The highest BCUT2D eigenvalue weighted by Crippen LogP contribution is 2.42. The fourth-order valence-electron chi connectivity index (χ4n) is 2.16. The van der Waals surface area contributed by atoms with Gasteiger partial charge in [0.15, 0.2) is 12.4 Å². The van der Waals surface area contributed by atoms with Gasteiger partial charge in [-0.15, -0.1) is 0 Å². The summed E-state index contributed by atoms with van der Waals surface area (Å²) in [5.74, 6) is 0. The molecule has 1 aliphatic rings. The van der Waals surface area contributed by atoms with Crippen LogP contribution in [0.3, 0.4) is 0 Å². The zero-order valence-corrected chi connectivity index (χ0v) is 11.9. The van der Waals surface area contributed by atoms with Gasteiger partial charge in [-0.2, -0.15) is 0 Å². The van der Waals surface area contributed by atoms with Crippen molar-refractivity contribution in [1.29, 1.82) is 0 Å². The fourth-order valence-corrected chi connectivity index (χ4v) is 2.75. The second-order valence-corrected chi connectivity index (χ2v) is 5.51. The number of aromatic amines is 1. The Labute approximate surface area is 117 Å². The van der Waals surface area contributed by atoms with Crippen LogP contribution in [-0.4, -0.2) is 44.0 Å². The number of halogens is 1. The van der Waals surface area contributed by atoms with Gasteiger partial charge in [0.05, 0.1) is 6.61 Å². The summed E-state index contributed by atoms with van der Waals surface area (Å²) in [7, 11) is -3.48. The number of aromatic nitrogens is 2. The van der Waals surface area contributed by atoms with Gasteiger partial charge < -0.3 is 19.3 Å². The highest BCUT2D eigenvalue weighted by atomic mass is 31.1. The Morgan fingerprint density at radius 2 is 2.29 bits per heavy atom. The lowest BCUT2D eigenvalue weighted by Gasteiger charge is -2.26. The summed E-state index contributed by atoms with van der Waals surface area (Å²) in [6.07, 6.45) is -4.01. The number of alkyl halides is 1. The van der Waals surface area contributed by atoms with Gasteiger partial charge in [0.2, 0.25) is 0 Å². The highest BCUT2D eigenvalue weighted by Gasteiger charge is 2.55. The van der Waals surface area contributed by atoms with Gasteiger partial charge in [-0.25, -0.2) is 9.18 Å². The zero-order valence-electron chi connectivity index (χ0n) is 10.9. The minimum absolute atomic E-state index is 0.664. The number of rotatable bonds is 4. The van der Waals surface area contributed by atoms with Crippen molar-refractivity contribution < 1.29 is 28.2 Å². The Balaban J connectivity index is 2.41. The third kappa shape index (κ3) is 2.99. The van der Waals surface area contributed by atoms with Crippen LogP contribution >= 0.6 is 8.25 Å². The van der Waals surface area contributed by atoms with Gasteiger partial charge in [-0.05, 0) is 6.92 Å². The quantitative estimate of drug-likeness (QED) is 0.600. The van der Waals surface area contributed by atoms with Crippen LogP contribution in [0.25, 0.3) is 0 Å². The molecular formula is C10H14FN2O7P. The number of ether oxygens (including phenoxy) is 1. The predicted molar refractivity (Wildman–Crippen MR) is 67.9 cm³/mol. The van der Waals surface area contributed by atoms with Crippen molar-refractivity contribution in [2.24, 2.45) is 0 Å². The molecule has 0 aliphatic carbocycles. The van der Waals surface area contributed by atoms with E-state index in [0.717, 1.165) is 16.8 Å². The average molecular weight is 324 g/mol. The van der Waals surface area contributed by atoms with Crippen LogP contribution in [0.2, 0.25) is 0 Å². The first-order valence-corrected chi connectivity index (χ1v) is 7.18. The Kier molecular flexibility index (Phi) is 4.45. The molecule has 3 N–H and O–H groups in total. The number of aliphatic hydroxyl groups is 1. The summed E-state index contributed by atoms with van der Waals surface area (Å²) in [5.41, 5.74) is -3.18. The Bertz CT molecular complexity index is 661. The second kappa shape index (κ2) is 5.82. The van der Waals surface area contributed by atoms with Crippen molar-refractivity contribution in [2.75, 3.05) is 6.61 Å². The first-order chi connectivity index (χ1) is 9.78. The first-order valence-electron chi connectivity index (χ1n) is 5.92. The lowest BCUT2D eigenvalue weighted by molar-refractivity contribution is -0.113. The molecule has 9 nitrogen and oxygen atoms in total. The normalized spacial score (nSPS) is 34.0. The van der Waals surface area contributed by atoms with Crippen molar-refractivity contribution in [3.8, 4) is 0 Å². The molecule has 118 valence electrons. The largest absolute Gasteiger partial charge is 0.393 e. The molecule has 11 heteroatoms. The number of nitrogens with zero attached hydrogens (tertiary/aromatic N) is 1. The molecule has 1 aromatic heterocycles. The van der Waals surface area contributed by atoms with Crippen molar-refractivity contribution in [3.05, 3.63) is 33.1 Å². The highest BCUT2D eigenvalue weighted by molar-refractivity contribution is 7.32. The summed E-state index contributed by atoms with van der Waals surface area (Å²) in [4.78, 5) is 33.4. The van der Waals surface area contributed by atoms with E-state index in [2.05, 4.69) is 4.52 Å². The van der Waals surface area contributed by atoms with Crippen molar-refractivity contribution in [1.82, 2.24) is 9.55 Å². The van der Waals surface area contributed by atoms with Crippen LogP contribution in [0.1, 0.15) is 13.2 Å². The third-order valence-electron chi connectivity index (χ3n) is 3.22. The molecule has 2 unspecified atom stereocenters. The molecule has 5 atom stereocenters. The first kappa shape index (κ1) is 16.1. The molecular weight excluding hydrogens is 310 g/mol. The Morgan fingerprint density at radius 1 is 1.62 bits per heavy atom. The summed E-state index contributed by atoms with van der Waals surface area (Å²) in [6, 6.07) is 0.997. The van der Waals surface area contributed by atoms with Crippen LogP contribution in [0, 0.1) is 0 Å². The third-order valence-corrected chi connectivity index (χ3v) is 3.68. The van der Waals surface area contributed by atoms with Gasteiger partial charge in [-0.1, -0.05) is 0 Å². The van der Waals surface area contributed by atoms with Gasteiger partial charge in [0.1, 0.15) is 11.7 Å². The van der Waals surface area contributed by atoms with Crippen LogP contribution in [0.4, 0.5) is 4.39 Å². The number of aliphatic hydroxyl groups excluding tert-OH is 1. The summed E-state index contributed by atoms with van der Waals surface area (Å²) in [6.45, 7) is 0.591. The molecule has 0 saturated carbocycles. The maximum atomic E-state index is 14.4. The monoisotopic (exact) mass is 324 g/mol. The van der Waals surface area contributed by atoms with E-state index in [9.17, 15) is 23.7 Å². The molecule has 2 heterocycles. The fraction of sp³-hybridized carbons (Fsp3) is 0.600. The van der Waals surface area contributed by atoms with Gasteiger partial charge >= 0.3 is 13.9 Å². The molecule has 1 fully saturated rings. The molecule has 1 aromatic rings. The maximum absolute atomic E-state index is 14.4. The van der Waals surface area contributed by atoms with E-state index in [-0.39, 0.29) is 0 Å². The molecule has 0 radical (unpaired) electrons. The molecule has 1 aliphatic heterocycles. The Morgan fingerprint density at radius 3 is 2.81 bits per heavy atom. The van der Waals surface area contributed by atoms with Crippen LogP contribution < -0.4 is 11.2 Å². The average Bonchev–Trinajstić information content (AvgIpc) is 2.64. The molecule has 0 aromatic carbocycles. The molecule has 0 bridgehead atoms. The van der Waals surface area contributed by atoms with Crippen LogP contribution in [-0.2, 0) is 13.8 Å². The predicted octanol–water partition coefficient (Wildman–Crippen LogP) is -1.08. The number of nitrogens with one attached hydrogen (secondary N) is 1. The molecule has 21 heavy (non-hydrogen) atoms. The molecule has 1 saturated heterocycles. The van der Waals surface area contributed by atoms with Crippen molar-refractivity contribution in [3.63, 3.8) is 0 Å². The lowest BCUT2D eigenvalue weighted by atomic mass is 9.99. The standard InChI is InChI=1S/C10H14FN2O7P/c1-10(4-14)7(20-21(17)18)6(11)8(19-10)13-3-2-5(15)12-9(13)16/h2-3,6-8,14,21H,4H2,1H3,(H,17,18)(H,12,15,16)/t6-,7?,8+,10+/m0/s1. The van der Waals surface area contributed by atoms with E-state index < -0.39 is 50.2 Å². The number of hydrogen-bond donors (Lipinski definition) is 3. The summed E-state index contributed by atoms with van der Waals surface area (Å²) < 4.78 is 35.9. The maximum Gasteiger partial charge on any atom is 0.330 e. The smallest absolute Gasteiger partial charge is 0.330 e. The van der Waals surface area contributed by atoms with Crippen LogP contribution in [0.5, 0.6) is 0 Å². The summed E-state index contributed by atoms with van der Waals surface area (Å²) >= 11 is 0. The minimum Gasteiger partial charge on any atom is -0.393 e. The van der Waals surface area contributed by atoms with Gasteiger partial charge in [-0.3, -0.25) is 18.9 Å². The van der Waals surface area contributed by atoms with Crippen molar-refractivity contribution >= 4 is 8.25 Å². The Hall–Kier alpha value is -1.32. The topological polar surface area (TPSA) is 131 Å². The SMILES string of the molecule is C[C@]1(CO)O[C@@H](n2ccc(=O)[nH]c2=O)[C@@H](F)C1O[PH](=O)O. The van der Waals surface area contributed by atoms with E-state index in [1.165, 1.54) is 6.92 Å². The molecule has 2 rings (SSSR count). The van der Waals surface area contributed by atoms with Crippen molar-refractivity contribution in [2.45, 2.75) is 31.0 Å². The minimum atomic E-state index is -3.48. The number of H-pyrrole nitrogens is 1.